The summed E-state index contributed by atoms with van der Waals surface area (Å²) >= 11 is 0. The van der Waals surface area contributed by atoms with Crippen LogP contribution in [0.5, 0.6) is 0 Å². The highest BCUT2D eigenvalue weighted by molar-refractivity contribution is 5.25. The van der Waals surface area contributed by atoms with Crippen molar-refractivity contribution in [3.05, 3.63) is 5.82 Å². The highest BCUT2D eigenvalue weighted by atomic mass is 16.3. The lowest BCUT2D eigenvalue weighted by Gasteiger charge is -2.33. The van der Waals surface area contributed by atoms with Crippen molar-refractivity contribution in [1.82, 2.24) is 19.9 Å². The molecule has 19 heavy (non-hydrogen) atoms. The summed E-state index contributed by atoms with van der Waals surface area (Å²) < 4.78 is 0. The van der Waals surface area contributed by atoms with Crippen LogP contribution in [0, 0.1) is 0 Å². The largest absolute Gasteiger partial charge is 0.395 e. The van der Waals surface area contributed by atoms with Gasteiger partial charge >= 0.3 is 0 Å². The zero-order chi connectivity index (χ0) is 13.7. The standard InChI is InChI=1S/C12H22N6O/c13-11-15-10(16-12(14)17-11)8-18(6-7-19)9-4-2-1-3-5-9/h9,19H,1-8H2,(H4,13,14,15,16,17). The van der Waals surface area contributed by atoms with Crippen molar-refractivity contribution in [3.8, 4) is 0 Å². The number of anilines is 2. The van der Waals surface area contributed by atoms with Crippen molar-refractivity contribution in [2.45, 2.75) is 44.7 Å². The maximum Gasteiger partial charge on any atom is 0.225 e. The summed E-state index contributed by atoms with van der Waals surface area (Å²) in [4.78, 5) is 14.2. The second-order valence-electron chi connectivity index (χ2n) is 4.95. The Morgan fingerprint density at radius 1 is 1.05 bits per heavy atom. The molecule has 106 valence electrons. The van der Waals surface area contributed by atoms with Gasteiger partial charge in [-0.2, -0.15) is 15.0 Å². The molecule has 2 rings (SSSR count). The number of aromatic nitrogens is 3. The predicted molar refractivity (Wildman–Crippen MR) is 73.0 cm³/mol. The Labute approximate surface area is 113 Å². The number of nitrogen functional groups attached to an aromatic ring is 2. The number of nitrogens with two attached hydrogens (primary N) is 2. The van der Waals surface area contributed by atoms with E-state index in [1.54, 1.807) is 0 Å². The monoisotopic (exact) mass is 266 g/mol. The van der Waals surface area contributed by atoms with Gasteiger partial charge in [-0.1, -0.05) is 19.3 Å². The first-order valence-electron chi connectivity index (χ1n) is 6.80. The van der Waals surface area contributed by atoms with Gasteiger partial charge in [0.25, 0.3) is 0 Å². The molecule has 0 bridgehead atoms. The number of nitrogens with zero attached hydrogens (tertiary/aromatic N) is 4. The molecule has 0 unspecified atom stereocenters. The van der Waals surface area contributed by atoms with Crippen molar-refractivity contribution in [1.29, 1.82) is 0 Å². The molecule has 1 aromatic rings. The first-order chi connectivity index (χ1) is 9.19. The maximum atomic E-state index is 9.21. The summed E-state index contributed by atoms with van der Waals surface area (Å²) in [5, 5.41) is 9.21. The normalized spacial score (nSPS) is 16.9. The van der Waals surface area contributed by atoms with Crippen LogP contribution < -0.4 is 11.5 Å². The Hall–Kier alpha value is -1.47. The van der Waals surface area contributed by atoms with Crippen LogP contribution in [0.4, 0.5) is 11.9 Å². The molecule has 1 saturated carbocycles. The Morgan fingerprint density at radius 2 is 1.68 bits per heavy atom. The fourth-order valence-electron chi connectivity index (χ4n) is 2.67. The number of hydrogen-bond donors (Lipinski definition) is 3. The van der Waals surface area contributed by atoms with Crippen molar-refractivity contribution in [2.75, 3.05) is 24.6 Å². The van der Waals surface area contributed by atoms with Crippen LogP contribution in [-0.4, -0.2) is 44.2 Å². The molecule has 1 aliphatic rings. The Bertz CT molecular complexity index is 387. The van der Waals surface area contributed by atoms with Crippen molar-refractivity contribution in [3.63, 3.8) is 0 Å². The van der Waals surface area contributed by atoms with Gasteiger partial charge in [-0.05, 0) is 12.8 Å². The molecular formula is C12H22N6O. The SMILES string of the molecule is Nc1nc(N)nc(CN(CCO)C2CCCCC2)n1. The minimum atomic E-state index is 0.131. The van der Waals surface area contributed by atoms with E-state index in [1.807, 2.05) is 0 Å². The molecule has 1 aromatic heterocycles. The van der Waals surface area contributed by atoms with Gasteiger partial charge in [0.2, 0.25) is 11.9 Å². The van der Waals surface area contributed by atoms with Crippen LogP contribution in [0.25, 0.3) is 0 Å². The van der Waals surface area contributed by atoms with E-state index >= 15 is 0 Å². The van der Waals surface area contributed by atoms with E-state index in [0.29, 0.717) is 25.0 Å². The third-order valence-corrected chi connectivity index (χ3v) is 3.54. The summed E-state index contributed by atoms with van der Waals surface area (Å²) in [5.41, 5.74) is 11.2. The third-order valence-electron chi connectivity index (χ3n) is 3.54. The van der Waals surface area contributed by atoms with E-state index in [-0.39, 0.29) is 18.5 Å². The molecule has 0 radical (unpaired) electrons. The van der Waals surface area contributed by atoms with E-state index in [9.17, 15) is 5.11 Å². The highest BCUT2D eigenvalue weighted by Gasteiger charge is 2.21. The maximum absolute atomic E-state index is 9.21. The Kier molecular flexibility index (Phi) is 4.86. The number of hydrogen-bond acceptors (Lipinski definition) is 7. The molecule has 1 heterocycles. The van der Waals surface area contributed by atoms with Crippen molar-refractivity contribution < 1.29 is 5.11 Å². The predicted octanol–water partition coefficient (Wildman–Crippen LogP) is 0.163. The first kappa shape index (κ1) is 14.0. The van der Waals surface area contributed by atoms with Gasteiger partial charge in [0, 0.05) is 12.6 Å². The summed E-state index contributed by atoms with van der Waals surface area (Å²) in [6, 6.07) is 0.486. The smallest absolute Gasteiger partial charge is 0.225 e. The second kappa shape index (κ2) is 6.63. The summed E-state index contributed by atoms with van der Waals surface area (Å²) in [7, 11) is 0. The van der Waals surface area contributed by atoms with E-state index < -0.39 is 0 Å². The lowest BCUT2D eigenvalue weighted by molar-refractivity contribution is 0.114. The van der Waals surface area contributed by atoms with Crippen LogP contribution in [0.3, 0.4) is 0 Å². The average Bonchev–Trinajstić information content (AvgIpc) is 2.38. The lowest BCUT2D eigenvalue weighted by Crippen LogP contribution is -2.38. The van der Waals surface area contributed by atoms with Gasteiger partial charge in [-0.3, -0.25) is 4.90 Å². The third kappa shape index (κ3) is 4.00. The van der Waals surface area contributed by atoms with E-state index in [1.165, 1.54) is 19.3 Å². The average molecular weight is 266 g/mol. The van der Waals surface area contributed by atoms with Gasteiger partial charge in [0.15, 0.2) is 0 Å². The molecular weight excluding hydrogens is 244 g/mol. The summed E-state index contributed by atoms with van der Waals surface area (Å²) in [6.07, 6.45) is 6.11. The molecule has 0 saturated heterocycles. The molecule has 1 fully saturated rings. The van der Waals surface area contributed by atoms with E-state index in [2.05, 4.69) is 19.9 Å². The van der Waals surface area contributed by atoms with Crippen LogP contribution >= 0.6 is 0 Å². The quantitative estimate of drug-likeness (QED) is 0.695. The van der Waals surface area contributed by atoms with Gasteiger partial charge in [-0.15, -0.1) is 0 Å². The minimum Gasteiger partial charge on any atom is -0.395 e. The second-order valence-corrected chi connectivity index (χ2v) is 4.95. The molecule has 5 N–H and O–H groups in total. The van der Waals surface area contributed by atoms with E-state index in [4.69, 9.17) is 11.5 Å². The molecule has 7 nitrogen and oxygen atoms in total. The van der Waals surface area contributed by atoms with Crippen LogP contribution in [0.2, 0.25) is 0 Å². The Morgan fingerprint density at radius 3 is 2.26 bits per heavy atom. The fraction of sp³-hybridized carbons (Fsp3) is 0.750. The van der Waals surface area contributed by atoms with Crippen molar-refractivity contribution >= 4 is 11.9 Å². The number of aliphatic hydroxyl groups is 1. The number of rotatable bonds is 5. The van der Waals surface area contributed by atoms with Gasteiger partial charge in [-0.25, -0.2) is 0 Å². The van der Waals surface area contributed by atoms with Gasteiger partial charge < -0.3 is 16.6 Å². The minimum absolute atomic E-state index is 0.131. The fourth-order valence-corrected chi connectivity index (χ4v) is 2.67. The highest BCUT2D eigenvalue weighted by Crippen LogP contribution is 2.23. The molecule has 0 atom stereocenters. The molecule has 7 heteroatoms. The van der Waals surface area contributed by atoms with Crippen LogP contribution in [0.15, 0.2) is 0 Å². The molecule has 1 aliphatic carbocycles. The topological polar surface area (TPSA) is 114 Å². The zero-order valence-corrected chi connectivity index (χ0v) is 11.1. The van der Waals surface area contributed by atoms with Crippen LogP contribution in [-0.2, 0) is 6.54 Å². The summed E-state index contributed by atoms with van der Waals surface area (Å²) in [5.74, 6) is 0.870. The molecule has 0 spiro atoms. The zero-order valence-electron chi connectivity index (χ0n) is 11.1. The van der Waals surface area contributed by atoms with E-state index in [0.717, 1.165) is 12.8 Å². The molecule has 0 amide bonds. The lowest BCUT2D eigenvalue weighted by atomic mass is 9.94. The number of aliphatic hydroxyl groups excluding tert-OH is 1. The van der Waals surface area contributed by atoms with Crippen molar-refractivity contribution in [2.24, 2.45) is 0 Å². The van der Waals surface area contributed by atoms with Gasteiger partial charge in [0.1, 0.15) is 5.82 Å². The van der Waals surface area contributed by atoms with Crippen LogP contribution in [0.1, 0.15) is 37.9 Å². The van der Waals surface area contributed by atoms with Gasteiger partial charge in [0.05, 0.1) is 13.2 Å². The molecule has 0 aliphatic heterocycles. The Balaban J connectivity index is 2.06. The first-order valence-corrected chi connectivity index (χ1v) is 6.80. The molecule has 0 aromatic carbocycles. The summed E-state index contributed by atoms with van der Waals surface area (Å²) in [6.45, 7) is 1.31.